The van der Waals surface area contributed by atoms with Gasteiger partial charge in [-0.1, -0.05) is 32.6 Å². The first kappa shape index (κ1) is 21.6. The van der Waals surface area contributed by atoms with Crippen LogP contribution < -0.4 is 0 Å². The first-order chi connectivity index (χ1) is 9.10. The van der Waals surface area contributed by atoms with Crippen LogP contribution in [0, 0.1) is 0 Å². The van der Waals surface area contributed by atoms with Crippen molar-refractivity contribution < 1.29 is 8.85 Å². The van der Waals surface area contributed by atoms with E-state index in [0.29, 0.717) is 0 Å². The Morgan fingerprint density at radius 2 is 1.38 bits per heavy atom. The van der Waals surface area contributed by atoms with E-state index in [4.69, 9.17) is 8.85 Å². The zero-order chi connectivity index (χ0) is 17.1. The third-order valence-electron chi connectivity index (χ3n) is 4.34. The molecule has 128 valence electrons. The maximum Gasteiger partial charge on any atom is 0.214 e. The van der Waals surface area contributed by atoms with Crippen LogP contribution in [0.2, 0.25) is 57.9 Å². The van der Waals surface area contributed by atoms with Crippen molar-refractivity contribution in [2.45, 2.75) is 103 Å². The van der Waals surface area contributed by atoms with Gasteiger partial charge in [0.2, 0.25) is 8.32 Å². The van der Waals surface area contributed by atoms with Gasteiger partial charge in [-0.05, 0) is 59.4 Å². The zero-order valence-corrected chi connectivity index (χ0v) is 19.5. The molecule has 1 unspecified atom stereocenters. The van der Waals surface area contributed by atoms with Crippen molar-refractivity contribution in [3.8, 4) is 0 Å². The van der Waals surface area contributed by atoms with Crippen molar-refractivity contribution in [2.24, 2.45) is 0 Å². The fourth-order valence-corrected chi connectivity index (χ4v) is 12.5. The second kappa shape index (κ2) is 7.43. The van der Waals surface area contributed by atoms with Crippen LogP contribution in [0.4, 0.5) is 0 Å². The monoisotopic (exact) mass is 348 g/mol. The van der Waals surface area contributed by atoms with Gasteiger partial charge in [0.15, 0.2) is 8.32 Å². The van der Waals surface area contributed by atoms with E-state index >= 15 is 0 Å². The van der Waals surface area contributed by atoms with E-state index in [0.717, 1.165) is 6.42 Å². The number of hydrogen-bond acceptors (Lipinski definition) is 2. The van der Waals surface area contributed by atoms with Crippen LogP contribution in [0.3, 0.4) is 0 Å². The summed E-state index contributed by atoms with van der Waals surface area (Å²) in [7, 11) is -4.38. The molecule has 2 nitrogen and oxygen atoms in total. The fraction of sp³-hybridized carbons (Fsp3) is 1.00. The van der Waals surface area contributed by atoms with Gasteiger partial charge in [0, 0.05) is 8.07 Å². The Morgan fingerprint density at radius 1 is 0.905 bits per heavy atom. The average molecular weight is 349 g/mol. The van der Waals surface area contributed by atoms with Crippen LogP contribution in [0.15, 0.2) is 0 Å². The Kier molecular flexibility index (Phi) is 7.63. The highest BCUT2D eigenvalue weighted by Gasteiger charge is 2.39. The molecular weight excluding hydrogens is 308 g/mol. The molecule has 21 heavy (non-hydrogen) atoms. The van der Waals surface area contributed by atoms with Gasteiger partial charge in [-0.15, -0.1) is 0 Å². The van der Waals surface area contributed by atoms with E-state index in [-0.39, 0.29) is 11.3 Å². The minimum absolute atomic E-state index is 0.0304. The van der Waals surface area contributed by atoms with Gasteiger partial charge >= 0.3 is 0 Å². The van der Waals surface area contributed by atoms with Crippen molar-refractivity contribution in [1.29, 1.82) is 0 Å². The van der Waals surface area contributed by atoms with Gasteiger partial charge in [0.25, 0.3) is 0 Å². The van der Waals surface area contributed by atoms with E-state index in [1.807, 2.05) is 0 Å². The highest BCUT2D eigenvalue weighted by molar-refractivity contribution is 6.80. The normalized spacial score (nSPS) is 16.1. The lowest BCUT2D eigenvalue weighted by Crippen LogP contribution is -2.53. The van der Waals surface area contributed by atoms with E-state index in [1.54, 1.807) is 0 Å². The van der Waals surface area contributed by atoms with E-state index < -0.39 is 24.7 Å². The highest BCUT2D eigenvalue weighted by atomic mass is 28.4. The molecule has 0 aromatic heterocycles. The van der Waals surface area contributed by atoms with Crippen LogP contribution in [-0.4, -0.2) is 36.0 Å². The molecule has 0 aromatic rings. The van der Waals surface area contributed by atoms with Gasteiger partial charge in [-0.2, -0.15) is 0 Å². The molecule has 0 aliphatic carbocycles. The maximum absolute atomic E-state index is 6.59. The summed E-state index contributed by atoms with van der Waals surface area (Å²) < 4.78 is 13.1. The molecule has 0 fully saturated rings. The lowest BCUT2D eigenvalue weighted by atomic mass is 10.1. The molecule has 1 atom stereocenters. The predicted octanol–water partition coefficient (Wildman–Crippen LogP) is 5.88. The molecule has 0 saturated heterocycles. The predicted molar refractivity (Wildman–Crippen MR) is 104 cm³/mol. The van der Waals surface area contributed by atoms with Gasteiger partial charge in [-0.25, -0.2) is 0 Å². The number of hydrogen-bond donors (Lipinski definition) is 0. The molecule has 0 N–H and O–H groups in total. The molecule has 0 rings (SSSR count). The van der Waals surface area contributed by atoms with Gasteiger partial charge in [0.1, 0.15) is 0 Å². The SMILES string of the molecule is CCC(C)(C)O[Si](C)(C)C(C)O[Si](C)(C)CC[Si](C)(C)C. The molecule has 0 spiro atoms. The van der Waals surface area contributed by atoms with Crippen LogP contribution in [-0.2, 0) is 8.85 Å². The average Bonchev–Trinajstić information content (AvgIpc) is 2.24. The molecule has 0 saturated carbocycles. The quantitative estimate of drug-likeness (QED) is 0.484. The van der Waals surface area contributed by atoms with E-state index in [2.05, 4.69) is 73.5 Å². The smallest absolute Gasteiger partial charge is 0.214 e. The topological polar surface area (TPSA) is 18.5 Å². The molecule has 0 aromatic carbocycles. The van der Waals surface area contributed by atoms with Crippen LogP contribution in [0.5, 0.6) is 0 Å². The lowest BCUT2D eigenvalue weighted by molar-refractivity contribution is 0.0782. The van der Waals surface area contributed by atoms with Crippen molar-refractivity contribution in [2.75, 3.05) is 0 Å². The Morgan fingerprint density at radius 3 is 1.76 bits per heavy atom. The van der Waals surface area contributed by atoms with E-state index in [1.165, 1.54) is 12.1 Å². The molecule has 0 heterocycles. The summed E-state index contributed by atoms with van der Waals surface area (Å²) in [5.74, 6) is 0. The second-order valence-corrected chi connectivity index (χ2v) is 23.5. The Balaban J connectivity index is 4.67. The first-order valence-electron chi connectivity index (χ1n) is 8.48. The lowest BCUT2D eigenvalue weighted by Gasteiger charge is -2.41. The van der Waals surface area contributed by atoms with Gasteiger partial charge in [-0.3, -0.25) is 0 Å². The standard InChI is InChI=1S/C16H40O2Si3/c1-12-16(3,4)18-21(10,11)15(2)17-20(8,9)14-13-19(5,6)7/h15H,12-14H2,1-11H3. The third kappa shape index (κ3) is 9.33. The van der Waals surface area contributed by atoms with E-state index in [9.17, 15) is 0 Å². The molecule has 0 radical (unpaired) electrons. The van der Waals surface area contributed by atoms with Crippen molar-refractivity contribution in [1.82, 2.24) is 0 Å². The minimum Gasteiger partial charge on any atom is -0.415 e. The van der Waals surface area contributed by atoms with Crippen molar-refractivity contribution >= 4 is 24.7 Å². The van der Waals surface area contributed by atoms with Gasteiger partial charge < -0.3 is 8.85 Å². The third-order valence-corrected chi connectivity index (χ3v) is 12.4. The van der Waals surface area contributed by atoms with Gasteiger partial charge in [0.05, 0.1) is 11.3 Å². The van der Waals surface area contributed by atoms with Crippen LogP contribution in [0.1, 0.15) is 34.1 Å². The maximum atomic E-state index is 6.59. The molecule has 0 bridgehead atoms. The summed E-state index contributed by atoms with van der Waals surface area (Å²) in [6.07, 6.45) is 1.05. The zero-order valence-electron chi connectivity index (χ0n) is 16.5. The van der Waals surface area contributed by atoms with Crippen molar-refractivity contribution in [3.63, 3.8) is 0 Å². The van der Waals surface area contributed by atoms with Crippen LogP contribution in [0.25, 0.3) is 0 Å². The Bertz CT molecular complexity index is 320. The summed E-state index contributed by atoms with van der Waals surface area (Å²) in [6.45, 7) is 25.5. The highest BCUT2D eigenvalue weighted by Crippen LogP contribution is 2.28. The van der Waals surface area contributed by atoms with Crippen LogP contribution >= 0.6 is 0 Å². The number of rotatable bonds is 9. The summed E-state index contributed by atoms with van der Waals surface area (Å²) in [4.78, 5) is 0. The Labute approximate surface area is 137 Å². The Hall–Kier alpha value is 0.571. The largest absolute Gasteiger partial charge is 0.415 e. The minimum atomic E-state index is -1.82. The molecule has 0 aliphatic heterocycles. The summed E-state index contributed by atoms with van der Waals surface area (Å²) in [5, 5.41) is 0. The summed E-state index contributed by atoms with van der Waals surface area (Å²) in [6, 6.07) is 2.66. The fourth-order valence-electron chi connectivity index (χ4n) is 2.22. The molecular formula is C16H40O2Si3. The summed E-state index contributed by atoms with van der Waals surface area (Å²) >= 11 is 0. The van der Waals surface area contributed by atoms with Crippen molar-refractivity contribution in [3.05, 3.63) is 0 Å². The second-order valence-electron chi connectivity index (χ2n) is 9.40. The molecule has 0 aliphatic rings. The summed E-state index contributed by atoms with van der Waals surface area (Å²) in [5.41, 5.74) is 0.240. The first-order valence-corrected chi connectivity index (χ1v) is 18.3. The molecule has 5 heteroatoms. The molecule has 0 amide bonds.